The van der Waals surface area contributed by atoms with E-state index in [1.165, 1.54) is 5.57 Å². The van der Waals surface area contributed by atoms with Crippen molar-refractivity contribution in [3.8, 4) is 0 Å². The third kappa shape index (κ3) is 4.65. The maximum absolute atomic E-state index is 14.3. The van der Waals surface area contributed by atoms with Gasteiger partial charge in [0.1, 0.15) is 0 Å². The van der Waals surface area contributed by atoms with Crippen LogP contribution in [0.25, 0.3) is 22.6 Å². The summed E-state index contributed by atoms with van der Waals surface area (Å²) in [6, 6.07) is 13.4. The minimum absolute atomic E-state index is 0.336. The number of nitrogens with one attached hydrogen (secondary N) is 1. The summed E-state index contributed by atoms with van der Waals surface area (Å²) in [5, 5.41) is 15.7. The molecule has 6 heteroatoms. The lowest BCUT2D eigenvalue weighted by Crippen LogP contribution is -2.42. The van der Waals surface area contributed by atoms with Gasteiger partial charge in [-0.3, -0.25) is 5.10 Å². The molecule has 0 aliphatic carbocycles. The van der Waals surface area contributed by atoms with Gasteiger partial charge in [-0.15, -0.1) is 0 Å². The minimum atomic E-state index is -0.987. The number of aliphatic carboxylic acids is 1. The summed E-state index contributed by atoms with van der Waals surface area (Å²) in [7, 11) is 0. The molecule has 3 aromatic rings. The number of rotatable bonds is 4. The van der Waals surface area contributed by atoms with E-state index in [9.17, 15) is 9.18 Å². The van der Waals surface area contributed by atoms with Gasteiger partial charge in [0.15, 0.2) is 0 Å². The summed E-state index contributed by atoms with van der Waals surface area (Å²) < 4.78 is 20.6. The lowest BCUT2D eigenvalue weighted by Gasteiger charge is -2.43. The highest BCUT2D eigenvalue weighted by Crippen LogP contribution is 2.43. The average molecular weight is 435 g/mol. The van der Waals surface area contributed by atoms with E-state index in [0.29, 0.717) is 10.9 Å². The fourth-order valence-corrected chi connectivity index (χ4v) is 4.72. The molecule has 0 amide bonds. The molecule has 1 aliphatic heterocycles. The Hall–Kier alpha value is -3.25. The van der Waals surface area contributed by atoms with Gasteiger partial charge in [0.2, 0.25) is 5.95 Å². The number of nitrogens with zero attached hydrogens (tertiary/aromatic N) is 1. The SMILES string of the molecule is CC1(C)CC(=C(c2ccc(C=CC(=O)O)cc2)c2ccc3n[nH]c(F)c3c2)CC(C)(C)O1. The standard InChI is InChI=1S/C26H27FN2O3/c1-25(2)14-19(15-26(3,4)32-25)23(17-8-5-16(6-9-17)7-12-22(30)31)18-10-11-21-20(13-18)24(27)29-28-21/h5-13H,14-15H2,1-4H3,(H,28,29)(H,30,31). The number of carboxylic acid groups (broad SMARTS) is 1. The molecule has 4 rings (SSSR count). The number of ether oxygens (including phenoxy) is 1. The van der Waals surface area contributed by atoms with Gasteiger partial charge in [-0.2, -0.15) is 9.49 Å². The molecule has 1 aliphatic rings. The first-order valence-electron chi connectivity index (χ1n) is 10.6. The lowest BCUT2D eigenvalue weighted by molar-refractivity contribution is -0.138. The zero-order chi connectivity index (χ0) is 23.1. The number of carboxylic acids is 1. The molecule has 0 spiro atoms. The molecule has 0 bridgehead atoms. The normalized spacial score (nSPS) is 17.7. The van der Waals surface area contributed by atoms with Gasteiger partial charge in [-0.05, 0) is 81.0 Å². The van der Waals surface area contributed by atoms with Gasteiger partial charge in [-0.1, -0.05) is 35.9 Å². The van der Waals surface area contributed by atoms with Crippen LogP contribution in [0.3, 0.4) is 0 Å². The van der Waals surface area contributed by atoms with Crippen molar-refractivity contribution in [3.05, 3.63) is 76.8 Å². The maximum Gasteiger partial charge on any atom is 0.328 e. The van der Waals surface area contributed by atoms with Crippen LogP contribution in [0.1, 0.15) is 57.2 Å². The van der Waals surface area contributed by atoms with Crippen LogP contribution >= 0.6 is 0 Å². The summed E-state index contributed by atoms with van der Waals surface area (Å²) in [6.07, 6.45) is 4.18. The Morgan fingerprint density at radius 3 is 2.31 bits per heavy atom. The van der Waals surface area contributed by atoms with Crippen molar-refractivity contribution in [2.24, 2.45) is 0 Å². The predicted octanol–water partition coefficient (Wildman–Crippen LogP) is 5.97. The number of halogens is 1. The van der Waals surface area contributed by atoms with Crippen molar-refractivity contribution in [1.82, 2.24) is 10.2 Å². The Kier molecular flexibility index (Phi) is 5.51. The van der Waals surface area contributed by atoms with E-state index in [1.54, 1.807) is 6.08 Å². The van der Waals surface area contributed by atoms with Gasteiger partial charge in [0.05, 0.1) is 22.1 Å². The molecule has 1 fully saturated rings. The van der Waals surface area contributed by atoms with E-state index in [-0.39, 0.29) is 11.2 Å². The third-order valence-electron chi connectivity index (χ3n) is 5.60. The Morgan fingerprint density at radius 1 is 1.06 bits per heavy atom. The van der Waals surface area contributed by atoms with Crippen molar-refractivity contribution in [2.75, 3.05) is 0 Å². The molecule has 0 atom stereocenters. The monoisotopic (exact) mass is 434 g/mol. The van der Waals surface area contributed by atoms with Crippen LogP contribution in [0.15, 0.2) is 54.1 Å². The summed E-state index contributed by atoms with van der Waals surface area (Å²) in [5.41, 5.74) is 4.89. The zero-order valence-corrected chi connectivity index (χ0v) is 18.7. The van der Waals surface area contributed by atoms with Crippen LogP contribution in [0.4, 0.5) is 4.39 Å². The summed E-state index contributed by atoms with van der Waals surface area (Å²) in [6.45, 7) is 8.35. The summed E-state index contributed by atoms with van der Waals surface area (Å²) in [5.74, 6) is -1.44. The predicted molar refractivity (Wildman–Crippen MR) is 124 cm³/mol. The largest absolute Gasteiger partial charge is 0.478 e. The molecule has 1 saturated heterocycles. The van der Waals surface area contributed by atoms with Crippen LogP contribution in [0.2, 0.25) is 0 Å². The topological polar surface area (TPSA) is 75.2 Å². The quantitative estimate of drug-likeness (QED) is 0.496. The highest BCUT2D eigenvalue weighted by molar-refractivity contribution is 5.89. The second-order valence-electron chi connectivity index (χ2n) is 9.52. The number of hydrogen-bond donors (Lipinski definition) is 2. The molecule has 0 saturated carbocycles. The minimum Gasteiger partial charge on any atom is -0.478 e. The number of fused-ring (bicyclic) bond motifs is 1. The van der Waals surface area contributed by atoms with E-state index in [2.05, 4.69) is 37.9 Å². The Balaban J connectivity index is 1.88. The summed E-state index contributed by atoms with van der Waals surface area (Å²) in [4.78, 5) is 10.8. The van der Waals surface area contributed by atoms with Crippen LogP contribution in [0, 0.1) is 5.95 Å². The first-order chi connectivity index (χ1) is 15.0. The molecule has 32 heavy (non-hydrogen) atoms. The zero-order valence-electron chi connectivity index (χ0n) is 18.7. The highest BCUT2D eigenvalue weighted by Gasteiger charge is 2.37. The molecule has 2 N–H and O–H groups in total. The smallest absolute Gasteiger partial charge is 0.328 e. The highest BCUT2D eigenvalue weighted by atomic mass is 19.1. The summed E-state index contributed by atoms with van der Waals surface area (Å²) >= 11 is 0. The number of hydrogen-bond acceptors (Lipinski definition) is 3. The van der Waals surface area contributed by atoms with E-state index >= 15 is 0 Å². The molecular weight excluding hydrogens is 407 g/mol. The molecule has 1 aromatic heterocycles. The van der Waals surface area contributed by atoms with Crippen LogP contribution < -0.4 is 0 Å². The van der Waals surface area contributed by atoms with Crippen LogP contribution in [-0.2, 0) is 9.53 Å². The van der Waals surface area contributed by atoms with Gasteiger partial charge in [0.25, 0.3) is 0 Å². The van der Waals surface area contributed by atoms with Crippen molar-refractivity contribution in [2.45, 2.75) is 51.7 Å². The second kappa shape index (κ2) is 8.02. The van der Waals surface area contributed by atoms with Gasteiger partial charge in [0, 0.05) is 6.08 Å². The van der Waals surface area contributed by atoms with Gasteiger partial charge < -0.3 is 9.84 Å². The Bertz CT molecular complexity index is 1220. The maximum atomic E-state index is 14.3. The van der Waals surface area contributed by atoms with Gasteiger partial charge >= 0.3 is 5.97 Å². The van der Waals surface area contributed by atoms with Crippen molar-refractivity contribution in [1.29, 1.82) is 0 Å². The van der Waals surface area contributed by atoms with Crippen molar-refractivity contribution < 1.29 is 19.0 Å². The van der Waals surface area contributed by atoms with Crippen LogP contribution in [0.5, 0.6) is 0 Å². The first-order valence-corrected chi connectivity index (χ1v) is 10.6. The number of H-pyrrole nitrogens is 1. The molecule has 2 aromatic carbocycles. The first kappa shape index (κ1) is 22.0. The second-order valence-corrected chi connectivity index (χ2v) is 9.52. The van der Waals surface area contributed by atoms with E-state index in [4.69, 9.17) is 9.84 Å². The number of aromatic nitrogens is 2. The molecule has 0 radical (unpaired) electrons. The average Bonchev–Trinajstić information content (AvgIpc) is 3.06. The fraction of sp³-hybridized carbons (Fsp3) is 0.308. The molecular formula is C26H27FN2O3. The molecule has 2 heterocycles. The van der Waals surface area contributed by atoms with E-state index in [1.807, 2.05) is 42.5 Å². The fourth-order valence-electron chi connectivity index (χ4n) is 4.72. The number of benzene rings is 2. The molecule has 0 unspecified atom stereocenters. The Labute approximate surface area is 186 Å². The van der Waals surface area contributed by atoms with E-state index in [0.717, 1.165) is 41.2 Å². The lowest BCUT2D eigenvalue weighted by atomic mass is 9.79. The Morgan fingerprint density at radius 2 is 1.69 bits per heavy atom. The molecule has 5 nitrogen and oxygen atoms in total. The molecule has 166 valence electrons. The van der Waals surface area contributed by atoms with Crippen LogP contribution in [-0.4, -0.2) is 32.5 Å². The third-order valence-corrected chi connectivity index (χ3v) is 5.60. The van der Waals surface area contributed by atoms with E-state index < -0.39 is 11.9 Å². The van der Waals surface area contributed by atoms with Crippen molar-refractivity contribution >= 4 is 28.5 Å². The van der Waals surface area contributed by atoms with Crippen molar-refractivity contribution in [3.63, 3.8) is 0 Å². The van der Waals surface area contributed by atoms with Gasteiger partial charge in [-0.25, -0.2) is 4.79 Å². The number of carbonyl (C=O) groups is 1. The number of aromatic amines is 1.